The number of aromatic nitrogens is 1. The number of thiazole rings is 1. The number of carboxylic acids is 1. The Hall–Kier alpha value is -2.12. The van der Waals surface area contributed by atoms with Gasteiger partial charge in [0.1, 0.15) is 6.54 Å². The fourth-order valence-electron chi connectivity index (χ4n) is 1.63. The van der Waals surface area contributed by atoms with Crippen molar-refractivity contribution in [2.75, 3.05) is 16.8 Å². The lowest BCUT2D eigenvalue weighted by Gasteiger charge is -2.20. The molecular formula is C13H12ClN3O3S. The summed E-state index contributed by atoms with van der Waals surface area (Å²) >= 11 is 7.15. The van der Waals surface area contributed by atoms with Gasteiger partial charge in [0.15, 0.2) is 5.13 Å². The monoisotopic (exact) mass is 325 g/mol. The van der Waals surface area contributed by atoms with Crippen LogP contribution in [0.3, 0.4) is 0 Å². The van der Waals surface area contributed by atoms with Crippen LogP contribution in [0.2, 0.25) is 5.02 Å². The van der Waals surface area contributed by atoms with Crippen molar-refractivity contribution in [3.8, 4) is 0 Å². The number of carbonyl (C=O) groups is 2. The molecule has 6 nitrogen and oxygen atoms in total. The van der Waals surface area contributed by atoms with E-state index in [9.17, 15) is 9.59 Å². The molecule has 21 heavy (non-hydrogen) atoms. The van der Waals surface area contributed by atoms with Crippen LogP contribution in [-0.2, 0) is 4.79 Å². The van der Waals surface area contributed by atoms with E-state index in [1.807, 2.05) is 0 Å². The largest absolute Gasteiger partial charge is 0.480 e. The van der Waals surface area contributed by atoms with E-state index < -0.39 is 18.5 Å². The number of nitrogens with one attached hydrogen (secondary N) is 1. The summed E-state index contributed by atoms with van der Waals surface area (Å²) in [7, 11) is 0. The summed E-state index contributed by atoms with van der Waals surface area (Å²) < 4.78 is 0. The Morgan fingerprint density at radius 1 is 1.48 bits per heavy atom. The molecule has 1 aromatic carbocycles. The third-order valence-corrected chi connectivity index (χ3v) is 3.60. The highest BCUT2D eigenvalue weighted by Gasteiger charge is 2.20. The number of aryl methyl sites for hydroxylation is 1. The van der Waals surface area contributed by atoms with Crippen LogP contribution >= 0.6 is 22.9 Å². The maximum absolute atomic E-state index is 12.2. The summed E-state index contributed by atoms with van der Waals surface area (Å²) in [5.74, 6) is -1.12. The molecule has 0 aliphatic heterocycles. The molecular weight excluding hydrogens is 314 g/mol. The molecule has 0 bridgehead atoms. The van der Waals surface area contributed by atoms with Crippen molar-refractivity contribution >= 4 is 45.8 Å². The van der Waals surface area contributed by atoms with E-state index in [2.05, 4.69) is 10.3 Å². The van der Waals surface area contributed by atoms with Crippen molar-refractivity contribution < 1.29 is 14.7 Å². The van der Waals surface area contributed by atoms with Gasteiger partial charge >= 0.3 is 12.0 Å². The van der Waals surface area contributed by atoms with Crippen molar-refractivity contribution in [3.63, 3.8) is 0 Å². The summed E-state index contributed by atoms with van der Waals surface area (Å²) in [6.07, 6.45) is 0. The van der Waals surface area contributed by atoms with Crippen molar-refractivity contribution in [2.24, 2.45) is 0 Å². The first kappa shape index (κ1) is 15.3. The normalized spacial score (nSPS) is 10.2. The van der Waals surface area contributed by atoms with Crippen LogP contribution in [0, 0.1) is 6.92 Å². The van der Waals surface area contributed by atoms with Crippen molar-refractivity contribution in [1.29, 1.82) is 0 Å². The number of nitrogens with zero attached hydrogens (tertiary/aromatic N) is 2. The van der Waals surface area contributed by atoms with Gasteiger partial charge < -0.3 is 5.11 Å². The summed E-state index contributed by atoms with van der Waals surface area (Å²) in [6.45, 7) is 1.33. The van der Waals surface area contributed by atoms with Crippen LogP contribution in [0.1, 0.15) is 5.69 Å². The van der Waals surface area contributed by atoms with E-state index in [0.29, 0.717) is 15.8 Å². The van der Waals surface area contributed by atoms with Crippen LogP contribution in [-0.4, -0.2) is 28.6 Å². The zero-order chi connectivity index (χ0) is 15.4. The van der Waals surface area contributed by atoms with Gasteiger partial charge in [-0.25, -0.2) is 9.78 Å². The average Bonchev–Trinajstić information content (AvgIpc) is 2.81. The molecule has 0 aliphatic carbocycles. The number of rotatable bonds is 4. The predicted octanol–water partition coefficient (Wildman–Crippen LogP) is 3.23. The summed E-state index contributed by atoms with van der Waals surface area (Å²) in [4.78, 5) is 28.4. The molecule has 0 fully saturated rings. The molecule has 0 saturated carbocycles. The molecule has 0 aliphatic rings. The van der Waals surface area contributed by atoms with Crippen LogP contribution in [0.5, 0.6) is 0 Å². The van der Waals surface area contributed by atoms with Gasteiger partial charge in [0.05, 0.1) is 5.69 Å². The van der Waals surface area contributed by atoms with Gasteiger partial charge in [-0.2, -0.15) is 0 Å². The molecule has 8 heteroatoms. The Balaban J connectivity index is 2.23. The highest BCUT2D eigenvalue weighted by molar-refractivity contribution is 7.13. The number of hydrogen-bond donors (Lipinski definition) is 2. The minimum absolute atomic E-state index is 0.399. The first-order valence-corrected chi connectivity index (χ1v) is 7.19. The van der Waals surface area contributed by atoms with Gasteiger partial charge in [-0.1, -0.05) is 17.7 Å². The maximum atomic E-state index is 12.2. The first-order chi connectivity index (χ1) is 9.95. The zero-order valence-corrected chi connectivity index (χ0v) is 12.6. The fraction of sp³-hybridized carbons (Fsp3) is 0.154. The van der Waals surface area contributed by atoms with Crippen LogP contribution in [0.4, 0.5) is 15.6 Å². The SMILES string of the molecule is Cc1csc(NC(=O)N(CC(=O)O)c2cccc(Cl)c2)n1. The van der Waals surface area contributed by atoms with Gasteiger partial charge in [0, 0.05) is 16.1 Å². The standard InChI is InChI=1S/C13H12ClN3O3S/c1-8-7-21-12(15-8)16-13(20)17(6-11(18)19)10-4-2-3-9(14)5-10/h2-5,7H,6H2,1H3,(H,18,19)(H,15,16,20). The molecule has 1 aromatic heterocycles. The quantitative estimate of drug-likeness (QED) is 0.904. The minimum Gasteiger partial charge on any atom is -0.480 e. The summed E-state index contributed by atoms with van der Waals surface area (Å²) in [5, 5.41) is 14.2. The molecule has 2 rings (SSSR count). The number of benzene rings is 1. The number of anilines is 2. The fourth-order valence-corrected chi connectivity index (χ4v) is 2.49. The third kappa shape index (κ3) is 4.17. The second-order valence-electron chi connectivity index (χ2n) is 4.18. The number of aliphatic carboxylic acids is 1. The van der Waals surface area contributed by atoms with E-state index in [0.717, 1.165) is 10.6 Å². The number of carboxylic acid groups (broad SMARTS) is 1. The number of urea groups is 1. The molecule has 0 radical (unpaired) electrons. The molecule has 2 N–H and O–H groups in total. The molecule has 0 saturated heterocycles. The minimum atomic E-state index is -1.12. The number of hydrogen-bond acceptors (Lipinski definition) is 4. The van der Waals surface area contributed by atoms with Gasteiger partial charge in [-0.3, -0.25) is 15.0 Å². The van der Waals surface area contributed by atoms with Crippen LogP contribution in [0.15, 0.2) is 29.6 Å². The molecule has 2 amide bonds. The Bertz CT molecular complexity index is 674. The molecule has 0 unspecified atom stereocenters. The topological polar surface area (TPSA) is 82.5 Å². The lowest BCUT2D eigenvalue weighted by Crippen LogP contribution is -2.38. The number of halogens is 1. The van der Waals surface area contributed by atoms with E-state index >= 15 is 0 Å². The van der Waals surface area contributed by atoms with Crippen molar-refractivity contribution in [1.82, 2.24) is 4.98 Å². The van der Waals surface area contributed by atoms with Crippen LogP contribution in [0.25, 0.3) is 0 Å². The second kappa shape index (κ2) is 6.55. The number of carbonyl (C=O) groups excluding carboxylic acids is 1. The Morgan fingerprint density at radius 2 is 2.24 bits per heavy atom. The molecule has 2 aromatic rings. The van der Waals surface area contributed by atoms with E-state index in [4.69, 9.17) is 16.7 Å². The van der Waals surface area contributed by atoms with E-state index in [1.54, 1.807) is 30.5 Å². The highest BCUT2D eigenvalue weighted by Crippen LogP contribution is 2.21. The highest BCUT2D eigenvalue weighted by atomic mass is 35.5. The molecule has 0 spiro atoms. The lowest BCUT2D eigenvalue weighted by molar-refractivity contribution is -0.135. The van der Waals surface area contributed by atoms with E-state index in [1.165, 1.54) is 17.4 Å². The average molecular weight is 326 g/mol. The van der Waals surface area contributed by atoms with Gasteiger partial charge in [-0.15, -0.1) is 11.3 Å². The maximum Gasteiger partial charge on any atom is 0.328 e. The zero-order valence-electron chi connectivity index (χ0n) is 11.0. The Labute approximate surface area is 130 Å². The van der Waals surface area contributed by atoms with E-state index in [-0.39, 0.29) is 0 Å². The van der Waals surface area contributed by atoms with Crippen molar-refractivity contribution in [3.05, 3.63) is 40.4 Å². The molecule has 0 atom stereocenters. The van der Waals surface area contributed by atoms with Crippen molar-refractivity contribution in [2.45, 2.75) is 6.92 Å². The Kier molecular flexibility index (Phi) is 4.77. The summed E-state index contributed by atoms with van der Waals surface area (Å²) in [5.41, 5.74) is 1.18. The van der Waals surface area contributed by atoms with Gasteiger partial charge in [-0.05, 0) is 25.1 Å². The summed E-state index contributed by atoms with van der Waals surface area (Å²) in [6, 6.07) is 5.85. The molecule has 110 valence electrons. The third-order valence-electron chi connectivity index (χ3n) is 2.49. The van der Waals surface area contributed by atoms with Crippen LogP contribution < -0.4 is 10.2 Å². The lowest BCUT2D eigenvalue weighted by atomic mass is 10.3. The predicted molar refractivity (Wildman–Crippen MR) is 82.3 cm³/mol. The van der Waals surface area contributed by atoms with Gasteiger partial charge in [0.25, 0.3) is 0 Å². The molecule has 1 heterocycles. The smallest absolute Gasteiger partial charge is 0.328 e. The van der Waals surface area contributed by atoms with Gasteiger partial charge in [0.2, 0.25) is 0 Å². The second-order valence-corrected chi connectivity index (χ2v) is 5.48. The number of amides is 2. The Morgan fingerprint density at radius 3 is 2.81 bits per heavy atom. The first-order valence-electron chi connectivity index (χ1n) is 5.93.